The van der Waals surface area contributed by atoms with Gasteiger partial charge in [0.2, 0.25) is 0 Å². The van der Waals surface area contributed by atoms with Gasteiger partial charge < -0.3 is 10.5 Å². The topological polar surface area (TPSA) is 51.4 Å². The molecule has 1 aliphatic rings. The second-order valence-electron chi connectivity index (χ2n) is 6.09. The summed E-state index contributed by atoms with van der Waals surface area (Å²) in [7, 11) is 1.71. The quantitative estimate of drug-likeness (QED) is 0.811. The third kappa shape index (κ3) is 3.87. The van der Waals surface area contributed by atoms with Crippen LogP contribution in [-0.2, 0) is 6.18 Å². The molecule has 2 aromatic rings. The zero-order valence-electron chi connectivity index (χ0n) is 14.2. The minimum Gasteiger partial charge on any atom is -0.434 e. The Kier molecular flexibility index (Phi) is 5.05. The fourth-order valence-electron chi connectivity index (χ4n) is 3.12. The Labute approximate surface area is 152 Å². The van der Waals surface area contributed by atoms with Crippen molar-refractivity contribution in [3.05, 3.63) is 65.0 Å². The number of benzene rings is 1. The van der Waals surface area contributed by atoms with Crippen molar-refractivity contribution < 1.29 is 26.7 Å². The molecule has 27 heavy (non-hydrogen) atoms. The van der Waals surface area contributed by atoms with E-state index in [0.717, 1.165) is 12.1 Å². The molecule has 9 heteroatoms. The number of halogens is 5. The van der Waals surface area contributed by atoms with Crippen LogP contribution in [0, 0.1) is 0 Å². The molecule has 1 unspecified atom stereocenters. The maximum absolute atomic E-state index is 13.0. The molecule has 144 valence electrons. The van der Waals surface area contributed by atoms with E-state index < -0.39 is 30.1 Å². The Bertz CT molecular complexity index is 866. The largest absolute Gasteiger partial charge is 0.434 e. The molecule has 0 radical (unpaired) electrons. The van der Waals surface area contributed by atoms with Gasteiger partial charge in [-0.05, 0) is 31.3 Å². The van der Waals surface area contributed by atoms with Crippen LogP contribution in [-0.4, -0.2) is 30.1 Å². The van der Waals surface area contributed by atoms with Gasteiger partial charge >= 0.3 is 12.8 Å². The highest BCUT2D eigenvalue weighted by molar-refractivity contribution is 5.68. The third-order valence-electron chi connectivity index (χ3n) is 4.35. The molecule has 0 spiro atoms. The number of hydrogen-bond donors (Lipinski definition) is 1. The van der Waals surface area contributed by atoms with E-state index in [-0.39, 0.29) is 5.56 Å². The number of fused-ring (bicyclic) bond motifs is 1. The van der Waals surface area contributed by atoms with Crippen molar-refractivity contribution in [1.82, 2.24) is 9.88 Å². The number of nitrogens with zero attached hydrogens (tertiary/aromatic N) is 2. The molecular weight excluding hydrogens is 369 g/mol. The second kappa shape index (κ2) is 7.15. The number of alkyl halides is 5. The average Bonchev–Trinajstić information content (AvgIpc) is 2.71. The van der Waals surface area contributed by atoms with E-state index in [9.17, 15) is 22.0 Å². The minimum atomic E-state index is -4.68. The number of hydrogen-bond acceptors (Lipinski definition) is 4. The van der Waals surface area contributed by atoms with Crippen LogP contribution in [0.5, 0.6) is 5.75 Å². The number of nitrogens with two attached hydrogens (primary N) is 1. The van der Waals surface area contributed by atoms with E-state index in [0.29, 0.717) is 29.4 Å². The zero-order valence-corrected chi connectivity index (χ0v) is 14.2. The first-order chi connectivity index (χ1) is 12.7. The van der Waals surface area contributed by atoms with Gasteiger partial charge in [-0.1, -0.05) is 6.07 Å². The van der Waals surface area contributed by atoms with Crippen molar-refractivity contribution >= 4 is 5.70 Å². The molecule has 0 fully saturated rings. The van der Waals surface area contributed by atoms with Gasteiger partial charge in [0.25, 0.3) is 0 Å². The van der Waals surface area contributed by atoms with Crippen molar-refractivity contribution in [1.29, 1.82) is 0 Å². The standard InChI is InChI=1S/C18H16F5N3O/c1-26-7-5-14(24)11-4-6-25-9-13(11)16(26)12-3-2-10(18(21,22)23)8-15(12)27-17(19)20/h2-6,8-9,16-17H,7,24H2,1H3. The van der Waals surface area contributed by atoms with Gasteiger partial charge in [0.15, 0.2) is 0 Å². The predicted molar refractivity (Wildman–Crippen MR) is 89.0 cm³/mol. The van der Waals surface area contributed by atoms with Crippen LogP contribution in [0.25, 0.3) is 5.70 Å². The van der Waals surface area contributed by atoms with E-state index in [1.807, 2.05) is 0 Å². The van der Waals surface area contributed by atoms with Crippen LogP contribution in [0.1, 0.15) is 28.3 Å². The first-order valence-electron chi connectivity index (χ1n) is 7.94. The van der Waals surface area contributed by atoms with E-state index in [2.05, 4.69) is 9.72 Å². The summed E-state index contributed by atoms with van der Waals surface area (Å²) in [6.07, 6.45) is 0.119. The predicted octanol–water partition coefficient (Wildman–Crippen LogP) is 4.04. The Hall–Kier alpha value is -2.68. The second-order valence-corrected chi connectivity index (χ2v) is 6.09. The summed E-state index contributed by atoms with van der Waals surface area (Å²) >= 11 is 0. The average molecular weight is 385 g/mol. The highest BCUT2D eigenvalue weighted by Crippen LogP contribution is 2.41. The molecule has 0 bridgehead atoms. The molecule has 0 amide bonds. The van der Waals surface area contributed by atoms with Crippen LogP contribution in [0.4, 0.5) is 22.0 Å². The molecule has 1 aliphatic heterocycles. The Balaban J connectivity index is 2.18. The molecule has 2 N–H and O–H groups in total. The Morgan fingerprint density at radius 3 is 2.63 bits per heavy atom. The summed E-state index contributed by atoms with van der Waals surface area (Å²) < 4.78 is 69.2. The van der Waals surface area contributed by atoms with Crippen LogP contribution in [0.3, 0.4) is 0 Å². The molecule has 3 rings (SSSR count). The number of likely N-dealkylation sites (N-methyl/N-ethyl adjacent to an activating group) is 1. The smallest absolute Gasteiger partial charge is 0.416 e. The number of aromatic nitrogens is 1. The summed E-state index contributed by atoms with van der Waals surface area (Å²) in [5, 5.41) is 0. The number of ether oxygens (including phenoxy) is 1. The first kappa shape index (κ1) is 19.1. The first-order valence-corrected chi connectivity index (χ1v) is 7.94. The minimum absolute atomic E-state index is 0.170. The molecule has 1 atom stereocenters. The molecule has 2 heterocycles. The third-order valence-corrected chi connectivity index (χ3v) is 4.35. The SMILES string of the molecule is CN1CC=C(N)c2ccncc2C1c1ccc(C(F)(F)F)cc1OC(F)F. The zero-order chi connectivity index (χ0) is 19.8. The van der Waals surface area contributed by atoms with Crippen molar-refractivity contribution in [2.24, 2.45) is 5.73 Å². The lowest BCUT2D eigenvalue weighted by Gasteiger charge is -2.29. The van der Waals surface area contributed by atoms with Gasteiger partial charge in [-0.15, -0.1) is 0 Å². The lowest BCUT2D eigenvalue weighted by Crippen LogP contribution is -2.26. The van der Waals surface area contributed by atoms with Crippen LogP contribution in [0.2, 0.25) is 0 Å². The van der Waals surface area contributed by atoms with E-state index in [4.69, 9.17) is 5.73 Å². The molecular formula is C18H16F5N3O. The summed E-state index contributed by atoms with van der Waals surface area (Å²) in [6, 6.07) is 3.60. The Morgan fingerprint density at radius 1 is 1.22 bits per heavy atom. The van der Waals surface area contributed by atoms with Gasteiger partial charge in [0.05, 0.1) is 11.6 Å². The molecule has 1 aromatic carbocycles. The maximum atomic E-state index is 13.0. The molecule has 0 aliphatic carbocycles. The summed E-state index contributed by atoms with van der Waals surface area (Å²) in [4.78, 5) is 5.82. The highest BCUT2D eigenvalue weighted by atomic mass is 19.4. The van der Waals surface area contributed by atoms with Gasteiger partial charge in [-0.3, -0.25) is 9.88 Å². The lowest BCUT2D eigenvalue weighted by molar-refractivity contribution is -0.138. The van der Waals surface area contributed by atoms with Gasteiger partial charge in [-0.2, -0.15) is 22.0 Å². The van der Waals surface area contributed by atoms with E-state index >= 15 is 0 Å². The molecule has 0 saturated heterocycles. The summed E-state index contributed by atoms with van der Waals surface area (Å²) in [6.45, 7) is -2.90. The van der Waals surface area contributed by atoms with Gasteiger partial charge in [0, 0.05) is 41.3 Å². The summed E-state index contributed by atoms with van der Waals surface area (Å²) in [5.41, 5.74) is 6.86. The van der Waals surface area contributed by atoms with Crippen LogP contribution < -0.4 is 10.5 Å². The van der Waals surface area contributed by atoms with Crippen molar-refractivity contribution in [3.8, 4) is 5.75 Å². The molecule has 1 aromatic heterocycles. The number of rotatable bonds is 3. The normalized spacial score (nSPS) is 18.0. The van der Waals surface area contributed by atoms with Gasteiger partial charge in [-0.25, -0.2) is 0 Å². The van der Waals surface area contributed by atoms with Crippen molar-refractivity contribution in [3.63, 3.8) is 0 Å². The van der Waals surface area contributed by atoms with E-state index in [1.54, 1.807) is 24.1 Å². The number of pyridine rings is 1. The van der Waals surface area contributed by atoms with Gasteiger partial charge in [0.1, 0.15) is 5.75 Å². The molecule has 0 saturated carbocycles. The molecule has 4 nitrogen and oxygen atoms in total. The monoisotopic (exact) mass is 385 g/mol. The van der Waals surface area contributed by atoms with E-state index in [1.165, 1.54) is 12.4 Å². The maximum Gasteiger partial charge on any atom is 0.416 e. The van der Waals surface area contributed by atoms with Crippen molar-refractivity contribution in [2.45, 2.75) is 18.8 Å². The fourth-order valence-corrected chi connectivity index (χ4v) is 3.12. The Morgan fingerprint density at radius 2 is 1.96 bits per heavy atom. The fraction of sp³-hybridized carbons (Fsp3) is 0.278. The van der Waals surface area contributed by atoms with Crippen molar-refractivity contribution in [2.75, 3.05) is 13.6 Å². The highest BCUT2D eigenvalue weighted by Gasteiger charge is 2.34. The van der Waals surface area contributed by atoms with Crippen LogP contribution in [0.15, 0.2) is 42.7 Å². The van der Waals surface area contributed by atoms with Crippen LogP contribution >= 0.6 is 0 Å². The summed E-state index contributed by atoms with van der Waals surface area (Å²) in [5.74, 6) is -0.535. The lowest BCUT2D eigenvalue weighted by atomic mass is 9.93.